The zero-order valence-electron chi connectivity index (χ0n) is 14.4. The maximum atomic E-state index is 12.1. The Morgan fingerprint density at radius 2 is 1.96 bits per heavy atom. The van der Waals surface area contributed by atoms with Crippen LogP contribution in [0.2, 0.25) is 0 Å². The van der Waals surface area contributed by atoms with Gasteiger partial charge in [0.05, 0.1) is 18.2 Å². The van der Waals surface area contributed by atoms with Gasteiger partial charge in [-0.1, -0.05) is 18.2 Å². The molecule has 1 aliphatic heterocycles. The van der Waals surface area contributed by atoms with Crippen molar-refractivity contribution in [1.29, 1.82) is 0 Å². The first-order valence-corrected chi connectivity index (χ1v) is 8.96. The van der Waals surface area contributed by atoms with Crippen molar-refractivity contribution in [1.82, 2.24) is 15.6 Å². The molecule has 2 unspecified atom stereocenters. The summed E-state index contributed by atoms with van der Waals surface area (Å²) in [6, 6.07) is 8.89. The van der Waals surface area contributed by atoms with E-state index in [1.807, 2.05) is 6.07 Å². The minimum Gasteiger partial charge on any atom is -0.391 e. The molecule has 27 heavy (non-hydrogen) atoms. The van der Waals surface area contributed by atoms with Crippen LogP contribution in [0.4, 0.5) is 5.13 Å². The number of hydrogen-bond donors (Lipinski definition) is 4. The van der Waals surface area contributed by atoms with E-state index in [9.17, 15) is 14.7 Å². The first-order valence-electron chi connectivity index (χ1n) is 8.08. The van der Waals surface area contributed by atoms with Crippen molar-refractivity contribution in [3.63, 3.8) is 0 Å². The highest BCUT2D eigenvalue weighted by Gasteiger charge is 2.25. The fourth-order valence-electron chi connectivity index (χ4n) is 2.60. The lowest BCUT2D eigenvalue weighted by atomic mass is 10.1. The van der Waals surface area contributed by atoms with Crippen molar-refractivity contribution >= 4 is 53.1 Å². The number of aromatic nitrogens is 1. The van der Waals surface area contributed by atoms with Crippen molar-refractivity contribution in [3.05, 3.63) is 47.0 Å². The van der Waals surface area contributed by atoms with Gasteiger partial charge in [0.15, 0.2) is 5.13 Å². The molecule has 1 aromatic carbocycles. The molecule has 148 valence electrons. The monoisotopic (exact) mass is 432 g/mol. The zero-order valence-corrected chi connectivity index (χ0v) is 16.8. The molecule has 2 heterocycles. The molecule has 4 N–H and O–H groups in total. The van der Waals surface area contributed by atoms with E-state index in [-0.39, 0.29) is 49.0 Å². The highest BCUT2D eigenvalue weighted by Crippen LogP contribution is 2.17. The van der Waals surface area contributed by atoms with E-state index in [1.165, 1.54) is 11.3 Å². The van der Waals surface area contributed by atoms with Gasteiger partial charge in [-0.15, -0.1) is 36.2 Å². The van der Waals surface area contributed by atoms with Gasteiger partial charge in [-0.25, -0.2) is 4.98 Å². The summed E-state index contributed by atoms with van der Waals surface area (Å²) in [6.07, 6.45) is -0.270. The van der Waals surface area contributed by atoms with E-state index in [1.54, 1.807) is 29.6 Å². The Kier molecular flexibility index (Phi) is 9.68. The third-order valence-corrected chi connectivity index (χ3v) is 4.82. The minimum absolute atomic E-state index is 0. The molecule has 2 amide bonds. The van der Waals surface area contributed by atoms with Crippen LogP contribution in [-0.4, -0.2) is 47.6 Å². The highest BCUT2D eigenvalue weighted by atomic mass is 35.5. The van der Waals surface area contributed by atoms with Gasteiger partial charge >= 0.3 is 0 Å². The molecule has 1 aliphatic rings. The third kappa shape index (κ3) is 6.75. The van der Waals surface area contributed by atoms with Crippen molar-refractivity contribution in [3.8, 4) is 0 Å². The number of halogens is 2. The van der Waals surface area contributed by atoms with Crippen LogP contribution in [0.5, 0.6) is 0 Å². The molecule has 10 heteroatoms. The SMILES string of the molecule is Cl.Cl.O=C(Cc1csc(NC(=O)c2ccccc2)n1)NCC1CNCC1O. The molecule has 1 saturated heterocycles. The van der Waals surface area contributed by atoms with Crippen LogP contribution >= 0.6 is 36.2 Å². The van der Waals surface area contributed by atoms with E-state index in [4.69, 9.17) is 0 Å². The number of benzene rings is 1. The number of thiazole rings is 1. The maximum absolute atomic E-state index is 12.1. The summed E-state index contributed by atoms with van der Waals surface area (Å²) in [5, 5.41) is 20.6. The van der Waals surface area contributed by atoms with Crippen LogP contribution in [0.1, 0.15) is 16.1 Å². The molecule has 0 saturated carbocycles. The number of carbonyl (C=O) groups excluding carboxylic acids is 2. The van der Waals surface area contributed by atoms with Crippen LogP contribution in [0, 0.1) is 5.92 Å². The molecular formula is C17H22Cl2N4O3S. The summed E-state index contributed by atoms with van der Waals surface area (Å²) in [5.41, 5.74) is 1.16. The number of nitrogens with zero attached hydrogens (tertiary/aromatic N) is 1. The van der Waals surface area contributed by atoms with Crippen LogP contribution in [0.25, 0.3) is 0 Å². The van der Waals surface area contributed by atoms with E-state index in [2.05, 4.69) is 20.9 Å². The Morgan fingerprint density at radius 1 is 1.22 bits per heavy atom. The number of β-amino-alcohol motifs (C(OH)–C–C–N with tert-alkyl or cyclic N) is 1. The van der Waals surface area contributed by atoms with Crippen LogP contribution < -0.4 is 16.0 Å². The van der Waals surface area contributed by atoms with Gasteiger partial charge in [0, 0.05) is 36.5 Å². The number of nitrogens with one attached hydrogen (secondary N) is 3. The Labute approximate surface area is 173 Å². The first kappa shape index (κ1) is 23.3. The van der Waals surface area contributed by atoms with E-state index in [0.29, 0.717) is 36.0 Å². The quantitative estimate of drug-likeness (QED) is 0.553. The molecule has 1 fully saturated rings. The van der Waals surface area contributed by atoms with Gasteiger partial charge in [-0.3, -0.25) is 14.9 Å². The van der Waals surface area contributed by atoms with E-state index >= 15 is 0 Å². The van der Waals surface area contributed by atoms with Gasteiger partial charge < -0.3 is 15.7 Å². The summed E-state index contributed by atoms with van der Waals surface area (Å²) in [4.78, 5) is 28.3. The lowest BCUT2D eigenvalue weighted by molar-refractivity contribution is -0.120. The first-order chi connectivity index (χ1) is 12.1. The second-order valence-corrected chi connectivity index (χ2v) is 6.79. The van der Waals surface area contributed by atoms with Gasteiger partial charge in [0.25, 0.3) is 5.91 Å². The second kappa shape index (κ2) is 11.2. The standard InChI is InChI=1S/C17H20N4O3S.2ClH/c22-14-9-18-7-12(14)8-19-15(23)6-13-10-25-17(20-13)21-16(24)11-4-2-1-3-5-11;;/h1-5,10,12,14,18,22H,6-9H2,(H,19,23)(H,20,21,24);2*1H. The Balaban J connectivity index is 0.00000182. The van der Waals surface area contributed by atoms with E-state index < -0.39 is 6.10 Å². The Morgan fingerprint density at radius 3 is 2.63 bits per heavy atom. The van der Waals surface area contributed by atoms with Crippen LogP contribution in [-0.2, 0) is 11.2 Å². The lowest BCUT2D eigenvalue weighted by Crippen LogP contribution is -2.35. The zero-order chi connectivity index (χ0) is 17.6. The number of amides is 2. The fourth-order valence-corrected chi connectivity index (χ4v) is 3.31. The molecule has 7 nitrogen and oxygen atoms in total. The summed E-state index contributed by atoms with van der Waals surface area (Å²) < 4.78 is 0. The Bertz CT molecular complexity index is 745. The Hall–Kier alpha value is -1.71. The highest BCUT2D eigenvalue weighted by molar-refractivity contribution is 7.14. The maximum Gasteiger partial charge on any atom is 0.257 e. The number of carbonyl (C=O) groups is 2. The number of hydrogen-bond acceptors (Lipinski definition) is 6. The molecular weight excluding hydrogens is 411 g/mol. The molecule has 0 bridgehead atoms. The lowest BCUT2D eigenvalue weighted by Gasteiger charge is -2.13. The van der Waals surface area contributed by atoms with Gasteiger partial charge in [0.2, 0.25) is 5.91 Å². The van der Waals surface area contributed by atoms with Crippen molar-refractivity contribution < 1.29 is 14.7 Å². The second-order valence-electron chi connectivity index (χ2n) is 5.93. The number of anilines is 1. The minimum atomic E-state index is -0.417. The smallest absolute Gasteiger partial charge is 0.257 e. The number of aliphatic hydroxyl groups is 1. The van der Waals surface area contributed by atoms with Gasteiger partial charge in [0.1, 0.15) is 0 Å². The topological polar surface area (TPSA) is 103 Å². The van der Waals surface area contributed by atoms with Crippen LogP contribution in [0.3, 0.4) is 0 Å². The molecule has 0 radical (unpaired) electrons. The molecule has 0 aliphatic carbocycles. The fraction of sp³-hybridized carbons (Fsp3) is 0.353. The molecule has 2 aromatic rings. The summed E-state index contributed by atoms with van der Waals surface area (Å²) >= 11 is 1.29. The van der Waals surface area contributed by atoms with Crippen LogP contribution in [0.15, 0.2) is 35.7 Å². The molecule has 2 atom stereocenters. The van der Waals surface area contributed by atoms with Crippen molar-refractivity contribution in [2.75, 3.05) is 25.0 Å². The average molecular weight is 433 g/mol. The van der Waals surface area contributed by atoms with Crippen molar-refractivity contribution in [2.24, 2.45) is 5.92 Å². The molecule has 1 aromatic heterocycles. The summed E-state index contributed by atoms with van der Waals surface area (Å²) in [6.45, 7) is 1.71. The third-order valence-electron chi connectivity index (χ3n) is 4.02. The molecule has 0 spiro atoms. The van der Waals surface area contributed by atoms with Crippen molar-refractivity contribution in [2.45, 2.75) is 12.5 Å². The predicted octanol–water partition coefficient (Wildman–Crippen LogP) is 1.48. The summed E-state index contributed by atoms with van der Waals surface area (Å²) in [7, 11) is 0. The van der Waals surface area contributed by atoms with Gasteiger partial charge in [-0.05, 0) is 12.1 Å². The largest absolute Gasteiger partial charge is 0.391 e. The average Bonchev–Trinajstić information content (AvgIpc) is 3.22. The molecule has 3 rings (SSSR count). The van der Waals surface area contributed by atoms with Gasteiger partial charge in [-0.2, -0.15) is 0 Å². The number of aliphatic hydroxyl groups excluding tert-OH is 1. The normalized spacial score (nSPS) is 18.1. The number of rotatable bonds is 6. The van der Waals surface area contributed by atoms with E-state index in [0.717, 1.165) is 0 Å². The predicted molar refractivity (Wildman–Crippen MR) is 110 cm³/mol. The summed E-state index contributed by atoms with van der Waals surface area (Å²) in [5.74, 6) is -0.334.